The minimum atomic E-state index is -3.53. The van der Waals surface area contributed by atoms with Crippen molar-refractivity contribution in [2.45, 2.75) is 37.8 Å². The highest BCUT2D eigenvalue weighted by Crippen LogP contribution is 2.17. The van der Waals surface area contributed by atoms with Gasteiger partial charge in [-0.2, -0.15) is 9.40 Å². The van der Waals surface area contributed by atoms with Crippen LogP contribution in [-0.2, 0) is 21.3 Å². The van der Waals surface area contributed by atoms with Crippen molar-refractivity contribution in [3.05, 3.63) is 12.4 Å². The van der Waals surface area contributed by atoms with Crippen LogP contribution in [0.3, 0.4) is 0 Å². The van der Waals surface area contributed by atoms with Gasteiger partial charge in [0.05, 0.1) is 12.8 Å². The molecule has 1 aromatic heterocycles. The Morgan fingerprint density at radius 1 is 1.52 bits per heavy atom. The molecule has 0 fully saturated rings. The molecule has 1 unspecified atom stereocenters. The lowest BCUT2D eigenvalue weighted by Gasteiger charge is -2.25. The Labute approximate surface area is 127 Å². The van der Waals surface area contributed by atoms with E-state index in [1.807, 2.05) is 20.9 Å². The molecule has 7 nitrogen and oxygen atoms in total. The van der Waals surface area contributed by atoms with Crippen LogP contribution in [0.4, 0.5) is 0 Å². The molecule has 1 aromatic rings. The summed E-state index contributed by atoms with van der Waals surface area (Å²) >= 11 is 0. The second-order valence-electron chi connectivity index (χ2n) is 4.91. The predicted octanol–water partition coefficient (Wildman–Crippen LogP) is 0.538. The number of hydrogen-bond donors (Lipinski definition) is 1. The van der Waals surface area contributed by atoms with Crippen LogP contribution in [0.5, 0.6) is 0 Å². The first-order valence-electron chi connectivity index (χ1n) is 7.15. The van der Waals surface area contributed by atoms with Crippen LogP contribution in [0.1, 0.15) is 20.3 Å². The lowest BCUT2D eigenvalue weighted by atomic mass is 10.4. The zero-order chi connectivity index (χ0) is 15.9. The van der Waals surface area contributed by atoms with Gasteiger partial charge in [-0.25, -0.2) is 8.42 Å². The molecule has 1 atom stereocenters. The second kappa shape index (κ2) is 8.47. The zero-order valence-corrected chi connectivity index (χ0v) is 14.1. The third-order valence-corrected chi connectivity index (χ3v) is 5.28. The van der Waals surface area contributed by atoms with Crippen molar-refractivity contribution in [2.75, 3.05) is 33.9 Å². The smallest absolute Gasteiger partial charge is 0.246 e. The lowest BCUT2D eigenvalue weighted by molar-refractivity contribution is 0.142. The molecule has 1 rings (SSSR count). The van der Waals surface area contributed by atoms with Crippen molar-refractivity contribution < 1.29 is 13.2 Å². The van der Waals surface area contributed by atoms with Gasteiger partial charge in [0.25, 0.3) is 0 Å². The predicted molar refractivity (Wildman–Crippen MR) is 81.7 cm³/mol. The molecule has 0 radical (unpaired) electrons. The van der Waals surface area contributed by atoms with Crippen LogP contribution < -0.4 is 5.32 Å². The van der Waals surface area contributed by atoms with E-state index < -0.39 is 10.0 Å². The molecule has 8 heteroatoms. The number of sulfonamides is 1. The van der Waals surface area contributed by atoms with Crippen molar-refractivity contribution in [2.24, 2.45) is 0 Å². The SMILES string of the molecule is CCN(C(C)COC)S(=O)(=O)c1cnn(CCCNC)c1. The van der Waals surface area contributed by atoms with Crippen LogP contribution in [0, 0.1) is 0 Å². The molecule has 1 N–H and O–H groups in total. The minimum Gasteiger partial charge on any atom is -0.383 e. The summed E-state index contributed by atoms with van der Waals surface area (Å²) in [6, 6.07) is -0.211. The van der Waals surface area contributed by atoms with Crippen LogP contribution >= 0.6 is 0 Å². The Bertz CT molecular complexity index is 515. The van der Waals surface area contributed by atoms with Gasteiger partial charge in [0, 0.05) is 32.4 Å². The number of nitrogens with zero attached hydrogens (tertiary/aromatic N) is 3. The number of rotatable bonds is 10. The first-order valence-corrected chi connectivity index (χ1v) is 8.59. The van der Waals surface area contributed by atoms with Gasteiger partial charge in [0.1, 0.15) is 4.90 Å². The molecule has 1 heterocycles. The van der Waals surface area contributed by atoms with Crippen LogP contribution in [-0.4, -0.2) is 62.4 Å². The Kier molecular flexibility index (Phi) is 7.30. The van der Waals surface area contributed by atoms with E-state index in [0.717, 1.165) is 13.0 Å². The molecule has 0 aliphatic carbocycles. The Morgan fingerprint density at radius 2 is 2.24 bits per heavy atom. The van der Waals surface area contributed by atoms with E-state index in [-0.39, 0.29) is 10.9 Å². The van der Waals surface area contributed by atoms with Crippen LogP contribution in [0.15, 0.2) is 17.3 Å². The van der Waals surface area contributed by atoms with Gasteiger partial charge >= 0.3 is 0 Å². The molecule has 21 heavy (non-hydrogen) atoms. The van der Waals surface area contributed by atoms with Gasteiger partial charge in [-0.05, 0) is 26.9 Å². The number of nitrogens with one attached hydrogen (secondary N) is 1. The quantitative estimate of drug-likeness (QED) is 0.637. The fourth-order valence-corrected chi connectivity index (χ4v) is 3.78. The summed E-state index contributed by atoms with van der Waals surface area (Å²) in [4.78, 5) is 0.233. The highest BCUT2D eigenvalue weighted by Gasteiger charge is 2.28. The number of likely N-dealkylation sites (N-methyl/N-ethyl adjacent to an activating group) is 1. The summed E-state index contributed by atoms with van der Waals surface area (Å²) in [5.41, 5.74) is 0. The van der Waals surface area contributed by atoms with Crippen molar-refractivity contribution >= 4 is 10.0 Å². The maximum atomic E-state index is 12.6. The molecule has 0 saturated carbocycles. The van der Waals surface area contributed by atoms with E-state index in [1.165, 1.54) is 10.5 Å². The summed E-state index contributed by atoms with van der Waals surface area (Å²) in [6.07, 6.45) is 3.90. The monoisotopic (exact) mass is 318 g/mol. The normalized spacial score (nSPS) is 13.8. The van der Waals surface area contributed by atoms with Crippen molar-refractivity contribution in [1.29, 1.82) is 0 Å². The van der Waals surface area contributed by atoms with Crippen molar-refractivity contribution in [3.8, 4) is 0 Å². The summed E-state index contributed by atoms with van der Waals surface area (Å²) in [6.45, 7) is 5.98. The molecule has 0 amide bonds. The Hall–Kier alpha value is -0.960. The summed E-state index contributed by atoms with van der Waals surface area (Å²) in [7, 11) is -0.0775. The van der Waals surface area contributed by atoms with Gasteiger partial charge in [-0.15, -0.1) is 0 Å². The Morgan fingerprint density at radius 3 is 2.81 bits per heavy atom. The summed E-state index contributed by atoms with van der Waals surface area (Å²) in [5, 5.41) is 7.18. The average Bonchev–Trinajstić information content (AvgIpc) is 2.89. The third-order valence-electron chi connectivity index (χ3n) is 3.24. The fourth-order valence-electron chi connectivity index (χ4n) is 2.20. The molecule has 0 aliphatic heterocycles. The van der Waals surface area contributed by atoms with Gasteiger partial charge < -0.3 is 10.1 Å². The number of methoxy groups -OCH3 is 1. The average molecular weight is 318 g/mol. The topological polar surface area (TPSA) is 76.5 Å². The number of aromatic nitrogens is 2. The summed E-state index contributed by atoms with van der Waals surface area (Å²) < 4.78 is 33.4. The first-order chi connectivity index (χ1) is 9.97. The van der Waals surface area contributed by atoms with Crippen molar-refractivity contribution in [1.82, 2.24) is 19.4 Å². The van der Waals surface area contributed by atoms with Gasteiger partial charge in [-0.1, -0.05) is 6.92 Å². The molecule has 0 bridgehead atoms. The maximum Gasteiger partial charge on any atom is 0.246 e. The first kappa shape index (κ1) is 18.1. The molecular formula is C13H26N4O3S. The molecular weight excluding hydrogens is 292 g/mol. The minimum absolute atomic E-state index is 0.211. The number of hydrogen-bond acceptors (Lipinski definition) is 5. The van der Waals surface area contributed by atoms with E-state index in [9.17, 15) is 8.42 Å². The fraction of sp³-hybridized carbons (Fsp3) is 0.769. The zero-order valence-electron chi connectivity index (χ0n) is 13.2. The van der Waals surface area contributed by atoms with Gasteiger partial charge in [0.15, 0.2) is 0 Å². The number of aryl methyl sites for hydroxylation is 1. The molecule has 122 valence electrons. The highest BCUT2D eigenvalue weighted by atomic mass is 32.2. The standard InChI is InChI=1S/C13H26N4O3S/c1-5-17(12(2)11-20-4)21(18,19)13-9-15-16(10-13)8-6-7-14-3/h9-10,12,14H,5-8,11H2,1-4H3. The molecule has 0 aromatic carbocycles. The summed E-state index contributed by atoms with van der Waals surface area (Å²) in [5.74, 6) is 0. The third kappa shape index (κ3) is 4.77. The van der Waals surface area contributed by atoms with Gasteiger partial charge in [-0.3, -0.25) is 4.68 Å². The largest absolute Gasteiger partial charge is 0.383 e. The lowest BCUT2D eigenvalue weighted by Crippen LogP contribution is -2.40. The van der Waals surface area contributed by atoms with E-state index >= 15 is 0 Å². The number of ether oxygens (including phenoxy) is 1. The molecule has 0 saturated heterocycles. The maximum absolute atomic E-state index is 12.6. The van der Waals surface area contributed by atoms with E-state index in [4.69, 9.17) is 4.74 Å². The highest BCUT2D eigenvalue weighted by molar-refractivity contribution is 7.89. The van der Waals surface area contributed by atoms with Crippen molar-refractivity contribution in [3.63, 3.8) is 0 Å². The molecule has 0 spiro atoms. The van der Waals surface area contributed by atoms with Gasteiger partial charge in [0.2, 0.25) is 10.0 Å². The van der Waals surface area contributed by atoms with E-state index in [2.05, 4.69) is 10.4 Å². The second-order valence-corrected chi connectivity index (χ2v) is 6.80. The van der Waals surface area contributed by atoms with Crippen LogP contribution in [0.25, 0.3) is 0 Å². The van der Waals surface area contributed by atoms with E-state index in [1.54, 1.807) is 18.0 Å². The Balaban J connectivity index is 2.85. The molecule has 0 aliphatic rings. The van der Waals surface area contributed by atoms with Crippen LogP contribution in [0.2, 0.25) is 0 Å². The van der Waals surface area contributed by atoms with E-state index in [0.29, 0.717) is 19.7 Å².